The van der Waals surface area contributed by atoms with Gasteiger partial charge in [-0.25, -0.2) is 0 Å². The summed E-state index contributed by atoms with van der Waals surface area (Å²) in [4.78, 5) is 27.7. The number of hydrogen-bond acceptors (Lipinski definition) is 5. The number of ether oxygens (including phenoxy) is 2. The fourth-order valence-corrected chi connectivity index (χ4v) is 4.21. The Labute approximate surface area is 178 Å². The van der Waals surface area contributed by atoms with Gasteiger partial charge >= 0.3 is 5.97 Å². The summed E-state index contributed by atoms with van der Waals surface area (Å²) in [5.74, 6) is 0.507. The van der Waals surface area contributed by atoms with E-state index < -0.39 is 5.41 Å². The molecule has 0 radical (unpaired) electrons. The van der Waals surface area contributed by atoms with Crippen LogP contribution in [0.1, 0.15) is 54.5 Å². The van der Waals surface area contributed by atoms with Gasteiger partial charge in [-0.1, -0.05) is 30.3 Å². The minimum Gasteiger partial charge on any atom is -0.466 e. The topological polar surface area (TPSA) is 69.0 Å². The Morgan fingerprint density at radius 2 is 1.97 bits per heavy atom. The number of carbonyl (C=O) groups excluding carboxylic acids is 2. The number of piperidine rings is 1. The Morgan fingerprint density at radius 3 is 2.70 bits per heavy atom. The second-order valence-electron chi connectivity index (χ2n) is 7.87. The van der Waals surface area contributed by atoms with Crippen LogP contribution in [0.25, 0.3) is 0 Å². The van der Waals surface area contributed by atoms with Gasteiger partial charge in [-0.05, 0) is 56.7 Å². The van der Waals surface area contributed by atoms with Gasteiger partial charge in [0.15, 0.2) is 5.76 Å². The number of amides is 1. The van der Waals surface area contributed by atoms with Crippen LogP contribution in [-0.4, -0.2) is 43.6 Å². The Hall–Kier alpha value is -2.60. The van der Waals surface area contributed by atoms with Gasteiger partial charge < -0.3 is 18.8 Å². The smallest absolute Gasteiger partial charge is 0.313 e. The summed E-state index contributed by atoms with van der Waals surface area (Å²) < 4.78 is 16.1. The van der Waals surface area contributed by atoms with Crippen molar-refractivity contribution in [1.29, 1.82) is 0 Å². The van der Waals surface area contributed by atoms with Crippen molar-refractivity contribution < 1.29 is 23.5 Å². The highest BCUT2D eigenvalue weighted by molar-refractivity contribution is 5.92. The fraction of sp³-hybridized carbons (Fsp3) is 0.500. The fourth-order valence-electron chi connectivity index (χ4n) is 4.21. The van der Waals surface area contributed by atoms with E-state index in [9.17, 15) is 9.59 Å². The van der Waals surface area contributed by atoms with Crippen LogP contribution < -0.4 is 0 Å². The van der Waals surface area contributed by atoms with E-state index in [1.54, 1.807) is 24.1 Å². The highest BCUT2D eigenvalue weighted by atomic mass is 16.5. The lowest BCUT2D eigenvalue weighted by Crippen LogP contribution is -2.50. The van der Waals surface area contributed by atoms with Crippen molar-refractivity contribution in [3.63, 3.8) is 0 Å². The molecule has 1 aliphatic heterocycles. The summed E-state index contributed by atoms with van der Waals surface area (Å²) in [6.45, 7) is 3.45. The van der Waals surface area contributed by atoms with Crippen LogP contribution in [-0.2, 0) is 27.3 Å². The van der Waals surface area contributed by atoms with Gasteiger partial charge in [-0.15, -0.1) is 0 Å². The van der Waals surface area contributed by atoms with Gasteiger partial charge in [0.1, 0.15) is 12.4 Å². The zero-order valence-corrected chi connectivity index (χ0v) is 17.9. The van der Waals surface area contributed by atoms with E-state index >= 15 is 0 Å². The van der Waals surface area contributed by atoms with Gasteiger partial charge in [-0.2, -0.15) is 0 Å². The van der Waals surface area contributed by atoms with Gasteiger partial charge in [0.25, 0.3) is 5.91 Å². The number of benzene rings is 1. The molecule has 0 N–H and O–H groups in total. The molecule has 2 aromatic rings. The van der Waals surface area contributed by atoms with Crippen LogP contribution in [0.4, 0.5) is 0 Å². The molecule has 30 heavy (non-hydrogen) atoms. The van der Waals surface area contributed by atoms with Crippen LogP contribution in [0.15, 0.2) is 46.9 Å². The third-order valence-corrected chi connectivity index (χ3v) is 5.70. The van der Waals surface area contributed by atoms with Crippen molar-refractivity contribution in [1.82, 2.24) is 4.90 Å². The average Bonchev–Trinajstić information content (AvgIpc) is 3.23. The monoisotopic (exact) mass is 413 g/mol. The van der Waals surface area contributed by atoms with E-state index in [4.69, 9.17) is 13.9 Å². The molecule has 0 bridgehead atoms. The third-order valence-electron chi connectivity index (χ3n) is 5.70. The van der Waals surface area contributed by atoms with Gasteiger partial charge in [-0.3, -0.25) is 9.59 Å². The molecule has 1 saturated heterocycles. The molecule has 1 atom stereocenters. The molecule has 1 aliphatic rings. The van der Waals surface area contributed by atoms with E-state index in [0.29, 0.717) is 38.5 Å². The first kappa shape index (κ1) is 22.1. The molecule has 6 heteroatoms. The summed E-state index contributed by atoms with van der Waals surface area (Å²) in [7, 11) is 1.58. The molecule has 1 amide bonds. The van der Waals surface area contributed by atoms with Crippen molar-refractivity contribution in [2.24, 2.45) is 5.41 Å². The van der Waals surface area contributed by atoms with E-state index in [1.807, 2.05) is 25.1 Å². The van der Waals surface area contributed by atoms with Crippen LogP contribution in [0.2, 0.25) is 0 Å². The number of furan rings is 1. The lowest BCUT2D eigenvalue weighted by Gasteiger charge is -2.40. The maximum atomic E-state index is 13.0. The second kappa shape index (κ2) is 10.4. The molecule has 2 heterocycles. The largest absolute Gasteiger partial charge is 0.466 e. The number of carbonyl (C=O) groups is 2. The maximum Gasteiger partial charge on any atom is 0.313 e. The third kappa shape index (κ3) is 5.30. The van der Waals surface area contributed by atoms with Crippen LogP contribution in [0.3, 0.4) is 0 Å². The maximum absolute atomic E-state index is 13.0. The molecule has 1 unspecified atom stereocenters. The first-order chi connectivity index (χ1) is 14.6. The quantitative estimate of drug-likeness (QED) is 0.575. The summed E-state index contributed by atoms with van der Waals surface area (Å²) in [5.41, 5.74) is 0.585. The molecule has 162 valence electrons. The minimum absolute atomic E-state index is 0.186. The Kier molecular flexibility index (Phi) is 7.69. The zero-order chi connectivity index (χ0) is 21.4. The highest BCUT2D eigenvalue weighted by Crippen LogP contribution is 2.37. The number of esters is 1. The molecular weight excluding hydrogens is 382 g/mol. The Balaban J connectivity index is 1.71. The van der Waals surface area contributed by atoms with Crippen molar-refractivity contribution >= 4 is 11.9 Å². The number of nitrogens with zero attached hydrogens (tertiary/aromatic N) is 1. The molecular formula is C24H31NO5. The standard InChI is InChI=1S/C24H31NO5/c1-3-29-23(27)24(14-7-11-19-9-5-4-6-10-19)15-8-16-25(18-24)22(26)21-13-12-20(30-21)17-28-2/h4-6,9-10,12-13H,3,7-8,11,14-18H2,1-2H3. The van der Waals surface area contributed by atoms with Crippen molar-refractivity contribution in [2.75, 3.05) is 26.8 Å². The Bertz CT molecular complexity index is 831. The van der Waals surface area contributed by atoms with Crippen molar-refractivity contribution in [2.45, 2.75) is 45.6 Å². The number of rotatable bonds is 9. The number of hydrogen-bond donors (Lipinski definition) is 0. The molecule has 1 aromatic heterocycles. The van der Waals surface area contributed by atoms with Crippen LogP contribution >= 0.6 is 0 Å². The van der Waals surface area contributed by atoms with E-state index in [0.717, 1.165) is 25.7 Å². The van der Waals surface area contributed by atoms with Crippen molar-refractivity contribution in [3.05, 3.63) is 59.5 Å². The van der Waals surface area contributed by atoms with E-state index in [2.05, 4.69) is 12.1 Å². The first-order valence-corrected chi connectivity index (χ1v) is 10.7. The molecule has 3 rings (SSSR count). The lowest BCUT2D eigenvalue weighted by atomic mass is 9.75. The SMILES string of the molecule is CCOC(=O)C1(CCCc2ccccc2)CCCN(C(=O)c2ccc(COC)o2)C1. The lowest BCUT2D eigenvalue weighted by molar-refractivity contribution is -0.159. The number of aryl methyl sites for hydroxylation is 1. The molecule has 1 fully saturated rings. The average molecular weight is 414 g/mol. The normalized spacial score (nSPS) is 18.9. The highest BCUT2D eigenvalue weighted by Gasteiger charge is 2.44. The molecule has 1 aromatic carbocycles. The molecule has 0 spiro atoms. The predicted octanol–water partition coefficient (Wildman–Crippen LogP) is 4.23. The zero-order valence-electron chi connectivity index (χ0n) is 17.9. The Morgan fingerprint density at radius 1 is 1.17 bits per heavy atom. The van der Waals surface area contributed by atoms with E-state index in [-0.39, 0.29) is 17.6 Å². The number of methoxy groups -OCH3 is 1. The van der Waals surface area contributed by atoms with Gasteiger partial charge in [0, 0.05) is 20.2 Å². The van der Waals surface area contributed by atoms with Gasteiger partial charge in [0.05, 0.1) is 12.0 Å². The second-order valence-corrected chi connectivity index (χ2v) is 7.87. The summed E-state index contributed by atoms with van der Waals surface area (Å²) in [6.07, 6.45) is 3.95. The van der Waals surface area contributed by atoms with Crippen LogP contribution in [0.5, 0.6) is 0 Å². The molecule has 0 aliphatic carbocycles. The summed E-state index contributed by atoms with van der Waals surface area (Å²) in [6, 6.07) is 13.7. The minimum atomic E-state index is -0.666. The summed E-state index contributed by atoms with van der Waals surface area (Å²) in [5, 5.41) is 0. The molecule has 6 nitrogen and oxygen atoms in total. The van der Waals surface area contributed by atoms with Crippen LogP contribution in [0, 0.1) is 5.41 Å². The number of likely N-dealkylation sites (tertiary alicyclic amines) is 1. The summed E-state index contributed by atoms with van der Waals surface area (Å²) >= 11 is 0. The van der Waals surface area contributed by atoms with Crippen molar-refractivity contribution in [3.8, 4) is 0 Å². The van der Waals surface area contributed by atoms with E-state index in [1.165, 1.54) is 5.56 Å². The predicted molar refractivity (Wildman–Crippen MR) is 113 cm³/mol. The van der Waals surface area contributed by atoms with Gasteiger partial charge in [0.2, 0.25) is 0 Å². The first-order valence-electron chi connectivity index (χ1n) is 10.7. The molecule has 0 saturated carbocycles.